The Bertz CT molecular complexity index is 489. The Morgan fingerprint density at radius 1 is 1.50 bits per heavy atom. The van der Waals surface area contributed by atoms with Crippen molar-refractivity contribution in [1.82, 2.24) is 10.2 Å². The summed E-state index contributed by atoms with van der Waals surface area (Å²) in [6.45, 7) is 1.76. The summed E-state index contributed by atoms with van der Waals surface area (Å²) in [7, 11) is 1.36. The molecule has 0 aromatic carbocycles. The average molecular weight is 276 g/mol. The van der Waals surface area contributed by atoms with Gasteiger partial charge in [0.2, 0.25) is 5.91 Å². The van der Waals surface area contributed by atoms with Crippen LogP contribution in [0.25, 0.3) is 0 Å². The molecule has 0 saturated carbocycles. The molecule has 2 fully saturated rings. The Labute approximate surface area is 118 Å². The summed E-state index contributed by atoms with van der Waals surface area (Å²) in [6, 6.07) is 0. The number of amides is 1. The smallest absolute Gasteiger partial charge is 0.325 e. The molecule has 1 N–H and O–H groups in total. The molecule has 0 aromatic heterocycles. The topological polar surface area (TPSA) is 58.6 Å². The van der Waals surface area contributed by atoms with Crippen LogP contribution in [0.4, 0.5) is 0 Å². The van der Waals surface area contributed by atoms with Crippen molar-refractivity contribution >= 4 is 11.9 Å². The lowest BCUT2D eigenvalue weighted by Gasteiger charge is -2.36. The molecule has 2 aliphatic heterocycles. The molecule has 1 amide bonds. The summed E-state index contributed by atoms with van der Waals surface area (Å²) < 4.78 is 4.73. The number of piperidine rings is 1. The number of methoxy groups -OCH3 is 1. The molecule has 0 aromatic rings. The lowest BCUT2D eigenvalue weighted by molar-refractivity contribution is -0.147. The van der Waals surface area contributed by atoms with Crippen LogP contribution in [-0.2, 0) is 14.3 Å². The van der Waals surface area contributed by atoms with Crippen molar-refractivity contribution in [3.63, 3.8) is 0 Å². The molecule has 3 aliphatic rings. The number of fused-ring (bicyclic) bond motifs is 2. The zero-order chi connectivity index (χ0) is 14.2. The van der Waals surface area contributed by atoms with Gasteiger partial charge >= 0.3 is 5.97 Å². The first-order valence-electron chi connectivity index (χ1n) is 7.15. The van der Waals surface area contributed by atoms with E-state index in [9.17, 15) is 9.59 Å². The van der Waals surface area contributed by atoms with Crippen molar-refractivity contribution in [2.75, 3.05) is 26.7 Å². The normalized spacial score (nSPS) is 27.4. The van der Waals surface area contributed by atoms with Gasteiger partial charge in [-0.15, -0.1) is 0 Å². The van der Waals surface area contributed by atoms with E-state index in [1.165, 1.54) is 7.11 Å². The number of esters is 1. The van der Waals surface area contributed by atoms with Crippen molar-refractivity contribution in [3.8, 4) is 0 Å². The molecule has 1 unspecified atom stereocenters. The maximum Gasteiger partial charge on any atom is 0.325 e. The van der Waals surface area contributed by atoms with E-state index in [4.69, 9.17) is 4.74 Å². The van der Waals surface area contributed by atoms with Crippen LogP contribution < -0.4 is 5.32 Å². The fourth-order valence-electron chi connectivity index (χ4n) is 3.73. The van der Waals surface area contributed by atoms with Crippen LogP contribution in [0.1, 0.15) is 19.3 Å². The summed E-state index contributed by atoms with van der Waals surface area (Å²) in [5.41, 5.74) is 0.667. The Balaban J connectivity index is 1.95. The SMILES string of the molecule is COC(=O)CN1C(=O)C2(CCNCC2)C2CC=CC=C21. The van der Waals surface area contributed by atoms with Gasteiger partial charge in [0.15, 0.2) is 0 Å². The van der Waals surface area contributed by atoms with Gasteiger partial charge in [0.05, 0.1) is 12.5 Å². The van der Waals surface area contributed by atoms with E-state index in [1.54, 1.807) is 4.90 Å². The number of hydrogen-bond donors (Lipinski definition) is 1. The quantitative estimate of drug-likeness (QED) is 0.759. The van der Waals surface area contributed by atoms with Gasteiger partial charge in [-0.2, -0.15) is 0 Å². The monoisotopic (exact) mass is 276 g/mol. The van der Waals surface area contributed by atoms with Crippen molar-refractivity contribution < 1.29 is 14.3 Å². The van der Waals surface area contributed by atoms with E-state index in [-0.39, 0.29) is 29.8 Å². The third-order valence-electron chi connectivity index (χ3n) is 4.79. The largest absolute Gasteiger partial charge is 0.468 e. The zero-order valence-corrected chi connectivity index (χ0v) is 11.7. The van der Waals surface area contributed by atoms with Crippen LogP contribution >= 0.6 is 0 Å². The zero-order valence-electron chi connectivity index (χ0n) is 11.7. The summed E-state index contributed by atoms with van der Waals surface area (Å²) >= 11 is 0. The minimum atomic E-state index is -0.362. The fourth-order valence-corrected chi connectivity index (χ4v) is 3.73. The molecule has 1 aliphatic carbocycles. The second-order valence-corrected chi connectivity index (χ2v) is 5.68. The molecule has 0 bridgehead atoms. The summed E-state index contributed by atoms with van der Waals surface area (Å²) in [5.74, 6) is -0.0466. The molecule has 5 heteroatoms. The van der Waals surface area contributed by atoms with Gasteiger partial charge < -0.3 is 15.0 Å². The van der Waals surface area contributed by atoms with Gasteiger partial charge in [0.25, 0.3) is 0 Å². The van der Waals surface area contributed by atoms with E-state index in [1.807, 2.05) is 12.2 Å². The van der Waals surface area contributed by atoms with E-state index in [0.29, 0.717) is 0 Å². The van der Waals surface area contributed by atoms with Crippen LogP contribution in [0.2, 0.25) is 0 Å². The predicted molar refractivity (Wildman–Crippen MR) is 73.6 cm³/mol. The van der Waals surface area contributed by atoms with E-state index in [0.717, 1.165) is 38.0 Å². The fraction of sp³-hybridized carbons (Fsp3) is 0.600. The Morgan fingerprint density at radius 3 is 2.95 bits per heavy atom. The van der Waals surface area contributed by atoms with Gasteiger partial charge in [-0.05, 0) is 38.4 Å². The van der Waals surface area contributed by atoms with Gasteiger partial charge in [-0.1, -0.05) is 12.2 Å². The number of ether oxygens (including phenoxy) is 1. The highest BCUT2D eigenvalue weighted by molar-refractivity contribution is 5.92. The second-order valence-electron chi connectivity index (χ2n) is 5.68. The molecule has 2 saturated heterocycles. The first kappa shape index (κ1) is 13.4. The van der Waals surface area contributed by atoms with E-state index < -0.39 is 0 Å². The highest BCUT2D eigenvalue weighted by Crippen LogP contribution is 2.52. The van der Waals surface area contributed by atoms with Gasteiger partial charge in [-0.3, -0.25) is 9.59 Å². The van der Waals surface area contributed by atoms with Crippen molar-refractivity contribution in [1.29, 1.82) is 0 Å². The first-order chi connectivity index (χ1) is 9.69. The lowest BCUT2D eigenvalue weighted by atomic mass is 9.68. The van der Waals surface area contributed by atoms with Gasteiger partial charge in [0.1, 0.15) is 6.54 Å². The summed E-state index contributed by atoms with van der Waals surface area (Å²) in [5, 5.41) is 3.32. The third-order valence-corrected chi connectivity index (χ3v) is 4.79. The number of nitrogens with zero attached hydrogens (tertiary/aromatic N) is 1. The number of carbonyl (C=O) groups is 2. The summed E-state index contributed by atoms with van der Waals surface area (Å²) in [6.07, 6.45) is 8.65. The minimum absolute atomic E-state index is 0.0285. The van der Waals surface area contributed by atoms with E-state index >= 15 is 0 Å². The number of nitrogens with one attached hydrogen (secondary N) is 1. The van der Waals surface area contributed by atoms with Crippen molar-refractivity contribution in [2.24, 2.45) is 11.3 Å². The molecular formula is C15H20N2O3. The molecule has 1 atom stereocenters. The molecule has 0 radical (unpaired) electrons. The van der Waals surface area contributed by atoms with Crippen molar-refractivity contribution in [2.45, 2.75) is 19.3 Å². The maximum atomic E-state index is 12.9. The second kappa shape index (κ2) is 5.05. The van der Waals surface area contributed by atoms with Crippen molar-refractivity contribution in [3.05, 3.63) is 23.9 Å². The summed E-state index contributed by atoms with van der Waals surface area (Å²) in [4.78, 5) is 26.2. The van der Waals surface area contributed by atoms with E-state index in [2.05, 4.69) is 11.4 Å². The number of rotatable bonds is 2. The number of hydrogen-bond acceptors (Lipinski definition) is 4. The molecule has 5 nitrogen and oxygen atoms in total. The Hall–Kier alpha value is -1.62. The first-order valence-corrected chi connectivity index (χ1v) is 7.15. The molecule has 2 heterocycles. The van der Waals surface area contributed by atoms with Crippen LogP contribution in [0.15, 0.2) is 23.9 Å². The van der Waals surface area contributed by atoms with Crippen LogP contribution in [0.5, 0.6) is 0 Å². The molecule has 20 heavy (non-hydrogen) atoms. The molecule has 3 rings (SSSR count). The number of carbonyl (C=O) groups excluding carboxylic acids is 2. The Morgan fingerprint density at radius 2 is 2.25 bits per heavy atom. The Kier molecular flexibility index (Phi) is 3.38. The van der Waals surface area contributed by atoms with Crippen LogP contribution in [-0.4, -0.2) is 43.5 Å². The van der Waals surface area contributed by atoms with Crippen LogP contribution in [0.3, 0.4) is 0 Å². The number of allylic oxidation sites excluding steroid dienone is 4. The molecule has 1 spiro atoms. The molecular weight excluding hydrogens is 256 g/mol. The predicted octanol–water partition coefficient (Wildman–Crippen LogP) is 0.831. The lowest BCUT2D eigenvalue weighted by Crippen LogP contribution is -2.45. The average Bonchev–Trinajstić information content (AvgIpc) is 2.71. The molecule has 108 valence electrons. The standard InChI is InChI=1S/C15H20N2O3/c1-20-13(18)10-17-12-5-3-2-4-11(12)15(14(17)19)6-8-16-9-7-15/h2-3,5,11,16H,4,6-10H2,1H3. The number of likely N-dealkylation sites (tertiary alicyclic amines) is 1. The minimum Gasteiger partial charge on any atom is -0.468 e. The maximum absolute atomic E-state index is 12.9. The van der Waals surface area contributed by atoms with Gasteiger partial charge in [-0.25, -0.2) is 0 Å². The highest BCUT2D eigenvalue weighted by atomic mass is 16.5. The highest BCUT2D eigenvalue weighted by Gasteiger charge is 2.56. The van der Waals surface area contributed by atoms with Gasteiger partial charge in [0, 0.05) is 11.6 Å². The van der Waals surface area contributed by atoms with Crippen LogP contribution in [0, 0.1) is 11.3 Å². The third kappa shape index (κ3) is 1.88.